The highest BCUT2D eigenvalue weighted by molar-refractivity contribution is 14.0. The fraction of sp³-hybridized carbons (Fsp3) is 0.348. The molecule has 1 aromatic heterocycles. The van der Waals surface area contributed by atoms with Gasteiger partial charge in [-0.05, 0) is 31.0 Å². The van der Waals surface area contributed by atoms with E-state index in [0.29, 0.717) is 12.5 Å². The maximum atomic E-state index is 11.9. The number of fused-ring (bicyclic) bond motifs is 1. The lowest BCUT2D eigenvalue weighted by Gasteiger charge is -2.15. The van der Waals surface area contributed by atoms with Crippen molar-refractivity contribution in [3.63, 3.8) is 0 Å². The number of likely N-dealkylation sites (N-methyl/N-ethyl adjacent to an activating group) is 1. The minimum absolute atomic E-state index is 0. The molecule has 0 aliphatic heterocycles. The molecular formula is C23H31IN6O. The number of aromatic nitrogens is 2. The lowest BCUT2D eigenvalue weighted by Crippen LogP contribution is -2.43. The van der Waals surface area contributed by atoms with E-state index < -0.39 is 0 Å². The third-order valence-corrected chi connectivity index (χ3v) is 4.86. The first kappa shape index (κ1) is 24.6. The molecule has 2 aromatic carbocycles. The molecule has 0 fully saturated rings. The SMILES string of the molecule is Cc1nc2ccccc2n1CCCNC(=NCc1ccccc1)NCC(=O)N(C)C.I. The molecule has 7 nitrogen and oxygen atoms in total. The number of nitrogens with zero attached hydrogens (tertiary/aromatic N) is 4. The van der Waals surface area contributed by atoms with Gasteiger partial charge in [-0.25, -0.2) is 9.98 Å². The van der Waals surface area contributed by atoms with E-state index in [4.69, 9.17) is 0 Å². The molecular weight excluding hydrogens is 503 g/mol. The largest absolute Gasteiger partial charge is 0.356 e. The summed E-state index contributed by atoms with van der Waals surface area (Å²) in [5.74, 6) is 1.66. The zero-order valence-corrected chi connectivity index (χ0v) is 20.7. The molecule has 0 bridgehead atoms. The van der Waals surface area contributed by atoms with Crippen molar-refractivity contribution in [1.29, 1.82) is 0 Å². The van der Waals surface area contributed by atoms with Crippen molar-refractivity contribution < 1.29 is 4.79 Å². The quantitative estimate of drug-likeness (QED) is 0.202. The second-order valence-electron chi connectivity index (χ2n) is 7.37. The zero-order valence-electron chi connectivity index (χ0n) is 18.3. The fourth-order valence-corrected chi connectivity index (χ4v) is 3.17. The Morgan fingerprint density at radius 3 is 2.52 bits per heavy atom. The molecule has 0 saturated heterocycles. The first-order valence-corrected chi connectivity index (χ1v) is 10.2. The van der Waals surface area contributed by atoms with Crippen LogP contribution in [-0.2, 0) is 17.9 Å². The number of para-hydroxylation sites is 2. The molecule has 2 N–H and O–H groups in total. The molecule has 3 aromatic rings. The molecule has 0 unspecified atom stereocenters. The summed E-state index contributed by atoms with van der Waals surface area (Å²) in [5, 5.41) is 6.48. The number of hydrogen-bond acceptors (Lipinski definition) is 3. The standard InChI is InChI=1S/C23H30N6O.HI/c1-18-27-20-12-7-8-13-21(20)29(18)15-9-14-24-23(26-17-22(30)28(2)3)25-16-19-10-5-4-6-11-19;/h4-8,10-13H,9,14-17H2,1-3H3,(H2,24,25,26);1H. The van der Waals surface area contributed by atoms with Gasteiger partial charge in [-0.15, -0.1) is 24.0 Å². The van der Waals surface area contributed by atoms with E-state index in [1.807, 2.05) is 55.5 Å². The lowest BCUT2D eigenvalue weighted by molar-refractivity contribution is -0.127. The van der Waals surface area contributed by atoms with Crippen molar-refractivity contribution in [3.8, 4) is 0 Å². The van der Waals surface area contributed by atoms with Crippen LogP contribution in [0.5, 0.6) is 0 Å². The Kier molecular flexibility index (Phi) is 9.77. The normalized spacial score (nSPS) is 11.1. The molecule has 0 radical (unpaired) electrons. The van der Waals surface area contributed by atoms with Gasteiger partial charge in [0, 0.05) is 27.2 Å². The minimum Gasteiger partial charge on any atom is -0.356 e. The predicted octanol–water partition coefficient (Wildman–Crippen LogP) is 3.18. The maximum Gasteiger partial charge on any atom is 0.241 e. The van der Waals surface area contributed by atoms with E-state index >= 15 is 0 Å². The number of rotatable bonds is 8. The number of aryl methyl sites for hydroxylation is 2. The van der Waals surface area contributed by atoms with Gasteiger partial charge >= 0.3 is 0 Å². The van der Waals surface area contributed by atoms with Gasteiger partial charge in [0.2, 0.25) is 5.91 Å². The predicted molar refractivity (Wildman–Crippen MR) is 137 cm³/mol. The van der Waals surface area contributed by atoms with Crippen LogP contribution in [0, 0.1) is 6.92 Å². The number of guanidine groups is 1. The van der Waals surface area contributed by atoms with Crippen molar-refractivity contribution in [2.24, 2.45) is 4.99 Å². The van der Waals surface area contributed by atoms with Gasteiger partial charge in [-0.3, -0.25) is 4.79 Å². The number of benzene rings is 2. The first-order chi connectivity index (χ1) is 14.5. The van der Waals surface area contributed by atoms with Gasteiger partial charge in [-0.2, -0.15) is 0 Å². The van der Waals surface area contributed by atoms with Gasteiger partial charge in [0.25, 0.3) is 0 Å². The Hall–Kier alpha value is -2.62. The third kappa shape index (κ3) is 7.23. The van der Waals surface area contributed by atoms with Crippen LogP contribution in [0.4, 0.5) is 0 Å². The van der Waals surface area contributed by atoms with E-state index in [0.717, 1.165) is 41.9 Å². The zero-order chi connectivity index (χ0) is 21.3. The number of amides is 1. The van der Waals surface area contributed by atoms with Gasteiger partial charge in [0.05, 0.1) is 24.1 Å². The lowest BCUT2D eigenvalue weighted by atomic mass is 10.2. The molecule has 0 aliphatic carbocycles. The Morgan fingerprint density at radius 2 is 1.77 bits per heavy atom. The Morgan fingerprint density at radius 1 is 1.06 bits per heavy atom. The van der Waals surface area contributed by atoms with E-state index in [-0.39, 0.29) is 36.4 Å². The van der Waals surface area contributed by atoms with Crippen LogP contribution in [-0.4, -0.2) is 53.5 Å². The van der Waals surface area contributed by atoms with E-state index in [1.54, 1.807) is 19.0 Å². The summed E-state index contributed by atoms with van der Waals surface area (Å²) >= 11 is 0. The summed E-state index contributed by atoms with van der Waals surface area (Å²) in [6.45, 7) is 4.40. The number of carbonyl (C=O) groups is 1. The fourth-order valence-electron chi connectivity index (χ4n) is 3.17. The van der Waals surface area contributed by atoms with Crippen LogP contribution in [0.1, 0.15) is 17.8 Å². The smallest absolute Gasteiger partial charge is 0.241 e. The Bertz CT molecular complexity index is 1000. The number of aliphatic imine (C=N–C) groups is 1. The topological polar surface area (TPSA) is 74.5 Å². The number of hydrogen-bond donors (Lipinski definition) is 2. The summed E-state index contributed by atoms with van der Waals surface area (Å²) < 4.78 is 2.24. The highest BCUT2D eigenvalue weighted by atomic mass is 127. The monoisotopic (exact) mass is 534 g/mol. The van der Waals surface area contributed by atoms with Crippen LogP contribution < -0.4 is 10.6 Å². The van der Waals surface area contributed by atoms with Crippen LogP contribution in [0.25, 0.3) is 11.0 Å². The van der Waals surface area contributed by atoms with Crippen molar-refractivity contribution in [2.45, 2.75) is 26.4 Å². The molecule has 0 spiro atoms. The molecule has 0 saturated carbocycles. The average Bonchev–Trinajstić information content (AvgIpc) is 3.07. The Balaban J connectivity index is 0.00000341. The number of imidazole rings is 1. The van der Waals surface area contributed by atoms with Crippen LogP contribution in [0.15, 0.2) is 59.6 Å². The summed E-state index contributed by atoms with van der Waals surface area (Å²) in [7, 11) is 3.49. The van der Waals surface area contributed by atoms with Gasteiger partial charge in [0.15, 0.2) is 5.96 Å². The molecule has 166 valence electrons. The highest BCUT2D eigenvalue weighted by Crippen LogP contribution is 2.15. The van der Waals surface area contributed by atoms with E-state index in [2.05, 4.69) is 31.2 Å². The van der Waals surface area contributed by atoms with Crippen molar-refractivity contribution in [1.82, 2.24) is 25.1 Å². The molecule has 1 heterocycles. The van der Waals surface area contributed by atoms with E-state index in [1.165, 1.54) is 0 Å². The molecule has 8 heteroatoms. The second kappa shape index (κ2) is 12.3. The summed E-state index contributed by atoms with van der Waals surface area (Å²) in [4.78, 5) is 22.8. The highest BCUT2D eigenvalue weighted by Gasteiger charge is 2.08. The van der Waals surface area contributed by atoms with Crippen molar-refractivity contribution in [2.75, 3.05) is 27.2 Å². The summed E-state index contributed by atoms with van der Waals surface area (Å²) in [5.41, 5.74) is 3.30. The van der Waals surface area contributed by atoms with Crippen LogP contribution in [0.3, 0.4) is 0 Å². The molecule has 31 heavy (non-hydrogen) atoms. The molecule has 0 aliphatic rings. The molecule has 1 amide bonds. The average molecular weight is 534 g/mol. The van der Waals surface area contributed by atoms with Crippen LogP contribution >= 0.6 is 24.0 Å². The summed E-state index contributed by atoms with van der Waals surface area (Å²) in [6.07, 6.45) is 0.912. The Labute approximate surface area is 201 Å². The minimum atomic E-state index is 0. The van der Waals surface area contributed by atoms with Gasteiger partial charge < -0.3 is 20.1 Å². The number of halogens is 1. The maximum absolute atomic E-state index is 11.9. The summed E-state index contributed by atoms with van der Waals surface area (Å²) in [6, 6.07) is 18.3. The van der Waals surface area contributed by atoms with E-state index in [9.17, 15) is 4.79 Å². The molecule has 0 atom stereocenters. The van der Waals surface area contributed by atoms with Gasteiger partial charge in [-0.1, -0.05) is 42.5 Å². The number of nitrogens with one attached hydrogen (secondary N) is 2. The third-order valence-electron chi connectivity index (χ3n) is 4.86. The second-order valence-corrected chi connectivity index (χ2v) is 7.37. The van der Waals surface area contributed by atoms with Crippen LogP contribution in [0.2, 0.25) is 0 Å². The number of carbonyl (C=O) groups excluding carboxylic acids is 1. The first-order valence-electron chi connectivity index (χ1n) is 10.2. The molecule has 3 rings (SSSR count). The van der Waals surface area contributed by atoms with Crippen molar-refractivity contribution in [3.05, 3.63) is 66.0 Å². The van der Waals surface area contributed by atoms with Crippen molar-refractivity contribution >= 4 is 46.9 Å². The van der Waals surface area contributed by atoms with Gasteiger partial charge in [0.1, 0.15) is 5.82 Å².